The van der Waals surface area contributed by atoms with E-state index in [0.29, 0.717) is 0 Å². The normalized spacial score (nSPS) is 15.4. The Balaban J connectivity index is 0.000000845. The van der Waals surface area contributed by atoms with Gasteiger partial charge in [0.25, 0.3) is 0 Å². The van der Waals surface area contributed by atoms with Gasteiger partial charge in [-0.05, 0) is 35.6 Å². The quantitative estimate of drug-likeness (QED) is 0.539. The third-order valence-electron chi connectivity index (χ3n) is 2.39. The zero-order valence-corrected chi connectivity index (χ0v) is 7.30. The van der Waals surface area contributed by atoms with Gasteiger partial charge in [-0.1, -0.05) is 36.9 Å². The molecule has 0 aromatic heterocycles. The predicted molar refractivity (Wildman–Crippen MR) is 55.9 cm³/mol. The van der Waals surface area contributed by atoms with Gasteiger partial charge in [-0.25, -0.2) is 0 Å². The second kappa shape index (κ2) is 2.63. The Hall–Kier alpha value is -1.30. The molecule has 0 fully saturated rings. The Morgan fingerprint density at radius 3 is 2.58 bits per heavy atom. The van der Waals surface area contributed by atoms with Crippen molar-refractivity contribution >= 4 is 11.1 Å². The molecule has 0 amide bonds. The first-order valence-corrected chi connectivity index (χ1v) is 4.23. The Labute approximate surface area is 74.7 Å². The van der Waals surface area contributed by atoms with Gasteiger partial charge < -0.3 is 0 Å². The van der Waals surface area contributed by atoms with Crippen molar-refractivity contribution in [2.24, 2.45) is 0 Å². The van der Waals surface area contributed by atoms with Crippen molar-refractivity contribution in [2.75, 3.05) is 0 Å². The first kappa shape index (κ1) is 7.35. The fourth-order valence-electron chi connectivity index (χ4n) is 1.63. The minimum Gasteiger partial charge on any atom is -0.0949 e. The SMILES string of the molecule is C=C1CC=C(C)c2ccccc21.[HH]. The number of rotatable bonds is 0. The monoisotopic (exact) mass is 158 g/mol. The van der Waals surface area contributed by atoms with Crippen LogP contribution >= 0.6 is 0 Å². The molecule has 0 bridgehead atoms. The second-order valence-corrected chi connectivity index (χ2v) is 3.24. The number of fused-ring (bicyclic) bond motifs is 1. The summed E-state index contributed by atoms with van der Waals surface area (Å²) in [5.74, 6) is 0. The second-order valence-electron chi connectivity index (χ2n) is 3.24. The van der Waals surface area contributed by atoms with E-state index in [1.54, 1.807) is 0 Å². The molecule has 0 N–H and O–H groups in total. The van der Waals surface area contributed by atoms with Crippen molar-refractivity contribution in [3.63, 3.8) is 0 Å². The number of allylic oxidation sites excluding steroid dienone is 3. The van der Waals surface area contributed by atoms with Crippen LogP contribution in [0, 0.1) is 0 Å². The molecule has 0 unspecified atom stereocenters. The molecule has 0 atom stereocenters. The predicted octanol–water partition coefficient (Wildman–Crippen LogP) is 3.75. The van der Waals surface area contributed by atoms with E-state index in [4.69, 9.17) is 0 Å². The van der Waals surface area contributed by atoms with Crippen molar-refractivity contribution in [2.45, 2.75) is 13.3 Å². The van der Waals surface area contributed by atoms with E-state index in [9.17, 15) is 0 Å². The molecule has 0 radical (unpaired) electrons. The maximum atomic E-state index is 4.05. The summed E-state index contributed by atoms with van der Waals surface area (Å²) in [7, 11) is 0. The van der Waals surface area contributed by atoms with Gasteiger partial charge in [0.1, 0.15) is 0 Å². The van der Waals surface area contributed by atoms with Gasteiger partial charge in [0.15, 0.2) is 0 Å². The fourth-order valence-corrected chi connectivity index (χ4v) is 1.63. The highest BCUT2D eigenvalue weighted by Crippen LogP contribution is 2.31. The van der Waals surface area contributed by atoms with Crippen molar-refractivity contribution in [3.05, 3.63) is 48.0 Å². The van der Waals surface area contributed by atoms with Crippen molar-refractivity contribution in [1.82, 2.24) is 0 Å². The number of hydrogen-bond donors (Lipinski definition) is 0. The molecule has 0 spiro atoms. The summed E-state index contributed by atoms with van der Waals surface area (Å²) in [5.41, 5.74) is 5.26. The summed E-state index contributed by atoms with van der Waals surface area (Å²) in [6.45, 7) is 6.20. The molecule has 0 heteroatoms. The van der Waals surface area contributed by atoms with Crippen LogP contribution in [0.5, 0.6) is 0 Å². The lowest BCUT2D eigenvalue weighted by molar-refractivity contribution is 1.33. The van der Waals surface area contributed by atoms with Gasteiger partial charge in [0.05, 0.1) is 0 Å². The molecular weight excluding hydrogens is 144 g/mol. The van der Waals surface area contributed by atoms with E-state index in [2.05, 4.69) is 43.8 Å². The van der Waals surface area contributed by atoms with Crippen LogP contribution in [-0.4, -0.2) is 0 Å². The molecule has 0 nitrogen and oxygen atoms in total. The summed E-state index contributed by atoms with van der Waals surface area (Å²) in [6, 6.07) is 8.46. The standard InChI is InChI=1S/C12H12.H2/c1-9-7-8-10(2)12-6-4-3-5-11(9)12;/h3-6,8H,1,7H2,2H3;1H. The molecule has 1 aliphatic rings. The molecule has 2 rings (SSSR count). The van der Waals surface area contributed by atoms with Gasteiger partial charge in [-0.2, -0.15) is 0 Å². The summed E-state index contributed by atoms with van der Waals surface area (Å²) in [4.78, 5) is 0. The lowest BCUT2D eigenvalue weighted by atomic mass is 9.89. The van der Waals surface area contributed by atoms with E-state index in [0.717, 1.165) is 6.42 Å². The minimum absolute atomic E-state index is 0. The Morgan fingerprint density at radius 2 is 1.92 bits per heavy atom. The molecule has 0 heterocycles. The third kappa shape index (κ3) is 1.00. The number of hydrogen-bond acceptors (Lipinski definition) is 0. The van der Waals surface area contributed by atoms with Crippen molar-refractivity contribution < 1.29 is 1.43 Å². The molecule has 1 aromatic carbocycles. The van der Waals surface area contributed by atoms with Crippen LogP contribution in [0.15, 0.2) is 36.9 Å². The molecule has 12 heavy (non-hydrogen) atoms. The Morgan fingerprint density at radius 1 is 1.25 bits per heavy atom. The maximum Gasteiger partial charge on any atom is 0 e. The average Bonchev–Trinajstić information content (AvgIpc) is 2.12. The van der Waals surface area contributed by atoms with Gasteiger partial charge in [-0.3, -0.25) is 0 Å². The first-order valence-electron chi connectivity index (χ1n) is 4.23. The van der Waals surface area contributed by atoms with Crippen LogP contribution in [-0.2, 0) is 0 Å². The molecule has 0 saturated heterocycles. The van der Waals surface area contributed by atoms with Gasteiger partial charge >= 0.3 is 0 Å². The Bertz CT molecular complexity index is 361. The largest absolute Gasteiger partial charge is 0.0949 e. The van der Waals surface area contributed by atoms with Crippen LogP contribution in [0.25, 0.3) is 11.1 Å². The van der Waals surface area contributed by atoms with E-state index in [-0.39, 0.29) is 1.43 Å². The Kier molecular flexibility index (Phi) is 1.61. The van der Waals surface area contributed by atoms with Gasteiger partial charge in [0, 0.05) is 1.43 Å². The van der Waals surface area contributed by atoms with Crippen molar-refractivity contribution in [1.29, 1.82) is 0 Å². The van der Waals surface area contributed by atoms with Crippen LogP contribution in [0.2, 0.25) is 0 Å². The molecule has 62 valence electrons. The van der Waals surface area contributed by atoms with Gasteiger partial charge in [0.2, 0.25) is 0 Å². The number of benzene rings is 1. The summed E-state index contributed by atoms with van der Waals surface area (Å²) in [6.07, 6.45) is 3.24. The first-order chi connectivity index (χ1) is 5.79. The highest BCUT2D eigenvalue weighted by Gasteiger charge is 2.10. The van der Waals surface area contributed by atoms with E-state index in [1.807, 2.05) is 0 Å². The highest BCUT2D eigenvalue weighted by molar-refractivity contribution is 5.83. The molecule has 1 aromatic rings. The summed E-state index contributed by atoms with van der Waals surface area (Å²) in [5, 5.41) is 0. The van der Waals surface area contributed by atoms with E-state index in [1.165, 1.54) is 22.3 Å². The fraction of sp³-hybridized carbons (Fsp3) is 0.167. The minimum atomic E-state index is 0. The third-order valence-corrected chi connectivity index (χ3v) is 2.39. The van der Waals surface area contributed by atoms with Crippen molar-refractivity contribution in [3.8, 4) is 0 Å². The van der Waals surface area contributed by atoms with Crippen LogP contribution in [0.1, 0.15) is 25.9 Å². The smallest absolute Gasteiger partial charge is 0 e. The van der Waals surface area contributed by atoms with E-state index >= 15 is 0 Å². The lowest BCUT2D eigenvalue weighted by Gasteiger charge is -2.16. The van der Waals surface area contributed by atoms with E-state index < -0.39 is 0 Å². The lowest BCUT2D eigenvalue weighted by Crippen LogP contribution is -1.95. The van der Waals surface area contributed by atoms with Crippen LogP contribution in [0.4, 0.5) is 0 Å². The van der Waals surface area contributed by atoms with Crippen LogP contribution in [0.3, 0.4) is 0 Å². The zero-order chi connectivity index (χ0) is 8.55. The zero-order valence-electron chi connectivity index (χ0n) is 7.30. The molecule has 0 aliphatic heterocycles. The highest BCUT2D eigenvalue weighted by atomic mass is 14.1. The maximum absolute atomic E-state index is 4.05. The van der Waals surface area contributed by atoms with Crippen LogP contribution < -0.4 is 0 Å². The topological polar surface area (TPSA) is 0 Å². The molecular formula is C12H14. The average molecular weight is 158 g/mol. The summed E-state index contributed by atoms with van der Waals surface area (Å²) < 4.78 is 0. The molecule has 1 aliphatic carbocycles. The molecule has 0 saturated carbocycles. The van der Waals surface area contributed by atoms with Gasteiger partial charge in [-0.15, -0.1) is 0 Å². The summed E-state index contributed by atoms with van der Waals surface area (Å²) >= 11 is 0.